The molecular weight excluding hydrogens is 374 g/mol. The topological polar surface area (TPSA) is 58.2 Å². The van der Waals surface area contributed by atoms with Crippen LogP contribution >= 0.6 is 11.6 Å². The Balaban J connectivity index is 1.57. The number of benzene rings is 2. The van der Waals surface area contributed by atoms with Gasteiger partial charge in [-0.15, -0.1) is 0 Å². The van der Waals surface area contributed by atoms with E-state index in [2.05, 4.69) is 27.0 Å². The molecule has 0 aliphatic carbocycles. The summed E-state index contributed by atoms with van der Waals surface area (Å²) in [4.78, 5) is 22.0. The fourth-order valence-electron chi connectivity index (χ4n) is 3.38. The van der Waals surface area contributed by atoms with Crippen molar-refractivity contribution < 1.29 is 4.74 Å². The molecule has 6 heteroatoms. The Kier molecular flexibility index (Phi) is 5.86. The molecule has 0 amide bonds. The lowest BCUT2D eigenvalue weighted by molar-refractivity contribution is 0.140. The fourth-order valence-corrected chi connectivity index (χ4v) is 3.62. The van der Waals surface area contributed by atoms with Crippen molar-refractivity contribution in [1.29, 1.82) is 0 Å². The Morgan fingerprint density at radius 1 is 1.07 bits per heavy atom. The SMILES string of the molecule is O=c1cc(-c2ccccc2Cl)nc(-c2ccc(CN3CCCOCC3)cc2)[nH]1. The highest BCUT2D eigenvalue weighted by Crippen LogP contribution is 2.26. The lowest BCUT2D eigenvalue weighted by atomic mass is 10.1. The molecule has 0 unspecified atom stereocenters. The second kappa shape index (κ2) is 8.69. The number of rotatable bonds is 4. The van der Waals surface area contributed by atoms with Crippen molar-refractivity contribution in [3.63, 3.8) is 0 Å². The molecule has 3 aromatic rings. The molecule has 1 fully saturated rings. The average Bonchev–Trinajstić information content (AvgIpc) is 2.97. The summed E-state index contributed by atoms with van der Waals surface area (Å²) in [6.07, 6.45) is 1.07. The van der Waals surface area contributed by atoms with Crippen molar-refractivity contribution in [3.05, 3.63) is 75.5 Å². The summed E-state index contributed by atoms with van der Waals surface area (Å²) < 4.78 is 5.51. The number of aromatic amines is 1. The minimum Gasteiger partial charge on any atom is -0.380 e. The van der Waals surface area contributed by atoms with Crippen molar-refractivity contribution in [3.8, 4) is 22.6 Å². The van der Waals surface area contributed by atoms with Gasteiger partial charge in [0.2, 0.25) is 0 Å². The van der Waals surface area contributed by atoms with E-state index in [1.54, 1.807) is 6.07 Å². The third kappa shape index (κ3) is 4.50. The molecule has 1 aliphatic rings. The highest BCUT2D eigenvalue weighted by Gasteiger charge is 2.11. The van der Waals surface area contributed by atoms with E-state index >= 15 is 0 Å². The van der Waals surface area contributed by atoms with Crippen LogP contribution in [0.5, 0.6) is 0 Å². The van der Waals surface area contributed by atoms with E-state index in [9.17, 15) is 4.79 Å². The lowest BCUT2D eigenvalue weighted by Crippen LogP contribution is -2.25. The van der Waals surface area contributed by atoms with Crippen LogP contribution in [0.4, 0.5) is 0 Å². The summed E-state index contributed by atoms with van der Waals surface area (Å²) in [7, 11) is 0. The van der Waals surface area contributed by atoms with Crippen LogP contribution in [0.3, 0.4) is 0 Å². The van der Waals surface area contributed by atoms with Crippen LogP contribution in [0, 0.1) is 0 Å². The highest BCUT2D eigenvalue weighted by atomic mass is 35.5. The van der Waals surface area contributed by atoms with Crippen LogP contribution in [-0.4, -0.2) is 41.2 Å². The van der Waals surface area contributed by atoms with Gasteiger partial charge in [-0.1, -0.05) is 54.1 Å². The monoisotopic (exact) mass is 395 g/mol. The maximum atomic E-state index is 12.2. The summed E-state index contributed by atoms with van der Waals surface area (Å²) in [5, 5.41) is 0.573. The molecule has 5 nitrogen and oxygen atoms in total. The first-order valence-electron chi connectivity index (χ1n) is 9.45. The first kappa shape index (κ1) is 18.9. The minimum absolute atomic E-state index is 0.200. The summed E-state index contributed by atoms with van der Waals surface area (Å²) in [5.41, 5.74) is 3.22. The van der Waals surface area contributed by atoms with Crippen molar-refractivity contribution in [2.24, 2.45) is 0 Å². The molecule has 28 heavy (non-hydrogen) atoms. The maximum absolute atomic E-state index is 12.2. The first-order chi connectivity index (χ1) is 13.7. The fraction of sp³-hybridized carbons (Fsp3) is 0.273. The van der Waals surface area contributed by atoms with Crippen LogP contribution in [-0.2, 0) is 11.3 Å². The normalized spacial score (nSPS) is 15.3. The van der Waals surface area contributed by atoms with E-state index in [1.165, 1.54) is 11.6 Å². The van der Waals surface area contributed by atoms with Gasteiger partial charge >= 0.3 is 0 Å². The second-order valence-electron chi connectivity index (χ2n) is 6.90. The number of H-pyrrole nitrogens is 1. The van der Waals surface area contributed by atoms with Crippen molar-refractivity contribution in [2.45, 2.75) is 13.0 Å². The number of aromatic nitrogens is 2. The van der Waals surface area contributed by atoms with Crippen molar-refractivity contribution in [2.75, 3.05) is 26.3 Å². The van der Waals surface area contributed by atoms with E-state index in [-0.39, 0.29) is 5.56 Å². The molecule has 0 saturated carbocycles. The maximum Gasteiger partial charge on any atom is 0.251 e. The van der Waals surface area contributed by atoms with Gasteiger partial charge in [0.1, 0.15) is 5.82 Å². The number of nitrogens with one attached hydrogen (secondary N) is 1. The van der Waals surface area contributed by atoms with E-state index in [0.717, 1.165) is 50.4 Å². The summed E-state index contributed by atoms with van der Waals surface area (Å²) in [6.45, 7) is 4.54. The molecule has 0 bridgehead atoms. The van der Waals surface area contributed by atoms with Crippen LogP contribution in [0.2, 0.25) is 5.02 Å². The Hall–Kier alpha value is -2.47. The van der Waals surface area contributed by atoms with Gasteiger partial charge in [0, 0.05) is 48.5 Å². The quantitative estimate of drug-likeness (QED) is 0.726. The van der Waals surface area contributed by atoms with Crippen molar-refractivity contribution in [1.82, 2.24) is 14.9 Å². The smallest absolute Gasteiger partial charge is 0.251 e. The third-order valence-corrected chi connectivity index (χ3v) is 5.17. The van der Waals surface area contributed by atoms with Gasteiger partial charge in [-0.05, 0) is 18.1 Å². The summed E-state index contributed by atoms with van der Waals surface area (Å²) >= 11 is 6.27. The molecule has 0 radical (unpaired) electrons. The number of hydrogen-bond acceptors (Lipinski definition) is 4. The standard InChI is InChI=1S/C22H22ClN3O2/c23-19-5-2-1-4-18(19)20-14-21(27)25-22(24-20)17-8-6-16(7-9-17)15-26-10-3-12-28-13-11-26/h1-2,4-9,14H,3,10-13,15H2,(H,24,25,27). The Morgan fingerprint density at radius 2 is 1.89 bits per heavy atom. The van der Waals surface area contributed by atoms with Crippen LogP contribution < -0.4 is 5.56 Å². The van der Waals surface area contributed by atoms with Gasteiger partial charge in [-0.3, -0.25) is 9.69 Å². The zero-order chi connectivity index (χ0) is 19.3. The van der Waals surface area contributed by atoms with Crippen molar-refractivity contribution >= 4 is 11.6 Å². The van der Waals surface area contributed by atoms with Gasteiger partial charge in [-0.2, -0.15) is 0 Å². The van der Waals surface area contributed by atoms with Gasteiger partial charge < -0.3 is 9.72 Å². The number of hydrogen-bond donors (Lipinski definition) is 1. The third-order valence-electron chi connectivity index (χ3n) is 4.84. The van der Waals surface area contributed by atoms with Crippen LogP contribution in [0.25, 0.3) is 22.6 Å². The summed E-state index contributed by atoms with van der Waals surface area (Å²) in [6, 6.07) is 17.0. The predicted molar refractivity (Wildman–Crippen MR) is 111 cm³/mol. The van der Waals surface area contributed by atoms with E-state index in [0.29, 0.717) is 16.5 Å². The Labute approximate surface area is 169 Å². The number of ether oxygens (including phenoxy) is 1. The molecule has 0 spiro atoms. The molecule has 1 aromatic heterocycles. The first-order valence-corrected chi connectivity index (χ1v) is 9.82. The summed E-state index contributed by atoms with van der Waals surface area (Å²) in [5.74, 6) is 0.539. The number of nitrogens with zero attached hydrogens (tertiary/aromatic N) is 2. The molecule has 1 N–H and O–H groups in total. The molecule has 2 aromatic carbocycles. The Morgan fingerprint density at radius 3 is 2.71 bits per heavy atom. The van der Waals surface area contributed by atoms with Gasteiger partial charge in [0.05, 0.1) is 12.3 Å². The molecule has 144 valence electrons. The lowest BCUT2D eigenvalue weighted by Gasteiger charge is -2.19. The minimum atomic E-state index is -0.200. The number of halogens is 1. The molecule has 0 atom stereocenters. The zero-order valence-corrected chi connectivity index (χ0v) is 16.3. The van der Waals surface area contributed by atoms with Crippen LogP contribution in [0.15, 0.2) is 59.4 Å². The van der Waals surface area contributed by atoms with Crippen LogP contribution in [0.1, 0.15) is 12.0 Å². The highest BCUT2D eigenvalue weighted by molar-refractivity contribution is 6.33. The van der Waals surface area contributed by atoms with E-state index in [4.69, 9.17) is 16.3 Å². The van der Waals surface area contributed by atoms with E-state index in [1.807, 2.05) is 30.3 Å². The largest absolute Gasteiger partial charge is 0.380 e. The van der Waals surface area contributed by atoms with Gasteiger partial charge in [0.25, 0.3) is 5.56 Å². The second-order valence-corrected chi connectivity index (χ2v) is 7.31. The molecular formula is C22H22ClN3O2. The van der Waals surface area contributed by atoms with E-state index < -0.39 is 0 Å². The van der Waals surface area contributed by atoms with Gasteiger partial charge in [-0.25, -0.2) is 4.98 Å². The Bertz CT molecular complexity index is 993. The molecule has 2 heterocycles. The molecule has 1 aliphatic heterocycles. The predicted octanol–water partition coefficient (Wildman–Crippen LogP) is 3.98. The average molecular weight is 396 g/mol. The molecule has 1 saturated heterocycles. The zero-order valence-electron chi connectivity index (χ0n) is 15.5. The van der Waals surface area contributed by atoms with Gasteiger partial charge in [0.15, 0.2) is 0 Å². The molecule has 4 rings (SSSR count).